The molecule has 28 heavy (non-hydrogen) atoms. The third-order valence-electron chi connectivity index (χ3n) is 4.22. The molecule has 0 saturated heterocycles. The Balaban J connectivity index is 1.59. The summed E-state index contributed by atoms with van der Waals surface area (Å²) in [5, 5.41) is 14.6. The number of amides is 1. The third kappa shape index (κ3) is 4.96. The highest BCUT2D eigenvalue weighted by Gasteiger charge is 2.13. The van der Waals surface area contributed by atoms with Crippen molar-refractivity contribution in [1.29, 1.82) is 5.26 Å². The number of hydrogen-bond donors (Lipinski definition) is 1. The van der Waals surface area contributed by atoms with Crippen molar-refractivity contribution in [3.8, 4) is 22.4 Å². The molecule has 142 valence electrons. The maximum Gasteiger partial charge on any atom is 0.226 e. The Morgan fingerprint density at radius 3 is 2.57 bits per heavy atom. The monoisotopic (exact) mass is 391 g/mol. The van der Waals surface area contributed by atoms with E-state index in [9.17, 15) is 4.79 Å². The zero-order valence-corrected chi connectivity index (χ0v) is 16.6. The number of thiazole rings is 1. The van der Waals surface area contributed by atoms with Gasteiger partial charge in [-0.25, -0.2) is 4.98 Å². The van der Waals surface area contributed by atoms with Crippen LogP contribution in [-0.2, 0) is 11.2 Å². The van der Waals surface area contributed by atoms with Crippen LogP contribution in [0.3, 0.4) is 0 Å². The van der Waals surface area contributed by atoms with Crippen LogP contribution in [0.5, 0.6) is 5.75 Å². The highest BCUT2D eigenvalue weighted by molar-refractivity contribution is 7.13. The number of nitrogens with one attached hydrogen (secondary N) is 1. The molecule has 2 aromatic carbocycles. The first-order chi connectivity index (χ1) is 13.6. The van der Waals surface area contributed by atoms with E-state index in [0.29, 0.717) is 12.2 Å². The van der Waals surface area contributed by atoms with Crippen LogP contribution in [0.4, 0.5) is 0 Å². The molecule has 1 N–H and O–H groups in total. The van der Waals surface area contributed by atoms with Crippen LogP contribution < -0.4 is 10.1 Å². The van der Waals surface area contributed by atoms with Crippen molar-refractivity contribution in [3.63, 3.8) is 0 Å². The first-order valence-electron chi connectivity index (χ1n) is 9.06. The molecule has 1 aromatic heterocycles. The fourth-order valence-electron chi connectivity index (χ4n) is 2.77. The average Bonchev–Trinajstić information content (AvgIpc) is 3.17. The third-order valence-corrected chi connectivity index (χ3v) is 5.16. The Hall–Kier alpha value is -3.17. The fraction of sp³-hybridized carbons (Fsp3) is 0.227. The molecular formula is C22H21N3O2S. The topological polar surface area (TPSA) is 75.0 Å². The number of nitrogens with zero attached hydrogens (tertiary/aromatic N) is 2. The van der Waals surface area contributed by atoms with Crippen molar-refractivity contribution in [3.05, 3.63) is 70.7 Å². The second-order valence-electron chi connectivity index (χ2n) is 6.30. The van der Waals surface area contributed by atoms with Crippen LogP contribution in [0, 0.1) is 11.3 Å². The highest BCUT2D eigenvalue weighted by Crippen LogP contribution is 2.26. The number of ether oxygens (including phenoxy) is 1. The van der Waals surface area contributed by atoms with Gasteiger partial charge in [0, 0.05) is 10.9 Å². The van der Waals surface area contributed by atoms with Gasteiger partial charge in [-0.3, -0.25) is 4.79 Å². The minimum Gasteiger partial charge on any atom is -0.494 e. The molecule has 6 heteroatoms. The molecule has 0 saturated carbocycles. The molecule has 0 bridgehead atoms. The summed E-state index contributed by atoms with van der Waals surface area (Å²) in [7, 11) is 0. The van der Waals surface area contributed by atoms with Crippen LogP contribution in [0.1, 0.15) is 36.7 Å². The van der Waals surface area contributed by atoms with Crippen molar-refractivity contribution < 1.29 is 9.53 Å². The molecule has 0 aliphatic heterocycles. The lowest BCUT2D eigenvalue weighted by atomic mass is 10.1. The fourth-order valence-corrected chi connectivity index (χ4v) is 3.59. The minimum atomic E-state index is -0.135. The van der Waals surface area contributed by atoms with Crippen LogP contribution in [0.25, 0.3) is 10.6 Å². The summed E-state index contributed by atoms with van der Waals surface area (Å²) < 4.78 is 5.46. The summed E-state index contributed by atoms with van der Waals surface area (Å²) in [5.41, 5.74) is 3.32. The Bertz CT molecular complexity index is 972. The van der Waals surface area contributed by atoms with Gasteiger partial charge < -0.3 is 10.1 Å². The first kappa shape index (κ1) is 19.6. The molecular weight excluding hydrogens is 370 g/mol. The van der Waals surface area contributed by atoms with Crippen LogP contribution >= 0.6 is 11.3 Å². The SMILES string of the molecule is CCOc1ccc(-c2nc(CC(=O)NC(C)c3ccc(C#N)cc3)cs2)cc1. The van der Waals surface area contributed by atoms with Gasteiger partial charge >= 0.3 is 0 Å². The second kappa shape index (κ2) is 9.16. The van der Waals surface area contributed by atoms with Crippen molar-refractivity contribution in [2.75, 3.05) is 6.61 Å². The number of carbonyl (C=O) groups excluding carboxylic acids is 1. The van der Waals surface area contributed by atoms with E-state index in [2.05, 4.69) is 16.4 Å². The van der Waals surface area contributed by atoms with E-state index >= 15 is 0 Å². The van der Waals surface area contributed by atoms with E-state index in [1.165, 1.54) is 11.3 Å². The molecule has 0 fully saturated rings. The molecule has 0 aliphatic rings. The quantitative estimate of drug-likeness (QED) is 0.643. The van der Waals surface area contributed by atoms with E-state index < -0.39 is 0 Å². The van der Waals surface area contributed by atoms with Crippen molar-refractivity contribution in [2.24, 2.45) is 0 Å². The lowest BCUT2D eigenvalue weighted by molar-refractivity contribution is -0.121. The van der Waals surface area contributed by atoms with Gasteiger partial charge in [0.15, 0.2) is 0 Å². The summed E-state index contributed by atoms with van der Waals surface area (Å²) in [6.45, 7) is 4.51. The van der Waals surface area contributed by atoms with Gasteiger partial charge in [-0.15, -0.1) is 11.3 Å². The first-order valence-corrected chi connectivity index (χ1v) is 9.94. The predicted molar refractivity (Wildman–Crippen MR) is 110 cm³/mol. The molecule has 1 amide bonds. The van der Waals surface area contributed by atoms with Gasteiger partial charge in [0.05, 0.1) is 36.4 Å². The molecule has 3 rings (SSSR count). The van der Waals surface area contributed by atoms with Crippen molar-refractivity contribution in [2.45, 2.75) is 26.3 Å². The number of hydrogen-bond acceptors (Lipinski definition) is 5. The summed E-state index contributed by atoms with van der Waals surface area (Å²) >= 11 is 1.52. The number of rotatable bonds is 7. The largest absolute Gasteiger partial charge is 0.494 e. The summed E-state index contributed by atoms with van der Waals surface area (Å²) in [6.07, 6.45) is 0.230. The Morgan fingerprint density at radius 1 is 1.21 bits per heavy atom. The molecule has 1 heterocycles. The molecule has 0 aliphatic carbocycles. The van der Waals surface area contributed by atoms with E-state index in [1.807, 2.05) is 55.6 Å². The molecule has 0 spiro atoms. The van der Waals surface area contributed by atoms with Crippen molar-refractivity contribution >= 4 is 17.2 Å². The summed E-state index contributed by atoms with van der Waals surface area (Å²) in [6, 6.07) is 17.0. The minimum absolute atomic E-state index is 0.0830. The molecule has 5 nitrogen and oxygen atoms in total. The van der Waals surface area contributed by atoms with E-state index in [1.54, 1.807) is 12.1 Å². The maximum absolute atomic E-state index is 12.4. The van der Waals surface area contributed by atoms with E-state index in [-0.39, 0.29) is 18.4 Å². The second-order valence-corrected chi connectivity index (χ2v) is 7.16. The Kier molecular flexibility index (Phi) is 6.41. The number of aromatic nitrogens is 1. The van der Waals surface area contributed by atoms with Gasteiger partial charge in [0.2, 0.25) is 5.91 Å². The molecule has 3 aromatic rings. The normalized spacial score (nSPS) is 11.5. The molecule has 1 atom stereocenters. The zero-order valence-electron chi connectivity index (χ0n) is 15.8. The predicted octanol–water partition coefficient (Wildman–Crippen LogP) is 4.50. The Morgan fingerprint density at radius 2 is 1.93 bits per heavy atom. The summed E-state index contributed by atoms with van der Waals surface area (Å²) in [4.78, 5) is 16.9. The standard InChI is InChI=1S/C22H21N3O2S/c1-3-27-20-10-8-18(9-11-20)22-25-19(14-28-22)12-21(26)24-15(2)17-6-4-16(13-23)5-7-17/h4-11,14-15H,3,12H2,1-2H3,(H,24,26). The van der Waals surface area contributed by atoms with Gasteiger partial charge in [0.25, 0.3) is 0 Å². The van der Waals surface area contributed by atoms with Crippen LogP contribution in [-0.4, -0.2) is 17.5 Å². The van der Waals surface area contributed by atoms with E-state index in [4.69, 9.17) is 10.00 Å². The van der Waals surface area contributed by atoms with Gasteiger partial charge in [-0.05, 0) is 55.8 Å². The lowest BCUT2D eigenvalue weighted by Gasteiger charge is -2.14. The maximum atomic E-state index is 12.4. The van der Waals surface area contributed by atoms with E-state index in [0.717, 1.165) is 27.6 Å². The number of carbonyl (C=O) groups is 1. The summed E-state index contributed by atoms with van der Waals surface area (Å²) in [5.74, 6) is 0.750. The number of benzene rings is 2. The van der Waals surface area contributed by atoms with Crippen molar-refractivity contribution in [1.82, 2.24) is 10.3 Å². The van der Waals surface area contributed by atoms with Crippen LogP contribution in [0.15, 0.2) is 53.9 Å². The Labute approximate surface area is 168 Å². The lowest BCUT2D eigenvalue weighted by Crippen LogP contribution is -2.28. The smallest absolute Gasteiger partial charge is 0.226 e. The molecule has 0 radical (unpaired) electrons. The van der Waals surface area contributed by atoms with Crippen LogP contribution in [0.2, 0.25) is 0 Å². The van der Waals surface area contributed by atoms with Gasteiger partial charge in [-0.2, -0.15) is 5.26 Å². The average molecular weight is 391 g/mol. The highest BCUT2D eigenvalue weighted by atomic mass is 32.1. The molecule has 1 unspecified atom stereocenters. The number of nitriles is 1. The van der Waals surface area contributed by atoms with Gasteiger partial charge in [0.1, 0.15) is 10.8 Å². The zero-order chi connectivity index (χ0) is 19.9. The van der Waals surface area contributed by atoms with Gasteiger partial charge in [-0.1, -0.05) is 12.1 Å².